The van der Waals surface area contributed by atoms with Crippen LogP contribution in [-0.2, 0) is 65.4 Å². The number of carbonyl (C=O) groups is 4. The van der Waals surface area contributed by atoms with Gasteiger partial charge in [-0.05, 0) is 49.4 Å². The highest BCUT2D eigenvalue weighted by molar-refractivity contribution is 7.47. The number of phosphoric acid groups is 2. The normalized spacial score (nSPS) is 14.5. The average Bonchev–Trinajstić information content (AvgIpc) is 3.35. The molecule has 0 spiro atoms. The standard InChI is InChI=1S/C74H144O17P2/c1-9-67(8)53-45-37-27-23-20-21-25-29-40-48-56-73(78)90-69(61-85-72(77)55-47-39-32-30-35-43-51-65(4)5)62-88-92(80,81)86-58-68(75)59-87-93(82,83)89-63-70(91-74(79)57-49-41-33-31-36-44-52-66(6)7)60-84-71(76)54-46-38-28-24-19-17-15-13-11-10-12-14-16-18-22-26-34-42-50-64(2)3/h64-70,75H,9-63H2,1-8H3,(H,80,81)(H,82,83)/t67?,68-,69+,70+/m0/s1. The SMILES string of the molecule is CCC(C)CCCCCCCCCCCCC(=O)O[C@H](COC(=O)CCCCCCCCC(C)C)COP(=O)(O)OC[C@H](O)COP(=O)(O)OC[C@@H](COC(=O)CCCCCCCCCCCCCCCCCCCCC(C)C)OC(=O)CCCCCCCCC(C)C. The number of aliphatic hydroxyl groups excluding tert-OH is 1. The number of rotatable bonds is 71. The molecule has 3 N–H and O–H groups in total. The van der Waals surface area contributed by atoms with Crippen molar-refractivity contribution in [2.24, 2.45) is 23.7 Å². The van der Waals surface area contributed by atoms with E-state index >= 15 is 0 Å². The van der Waals surface area contributed by atoms with E-state index in [9.17, 15) is 43.2 Å². The number of carbonyl (C=O) groups excluding carboxylic acids is 4. The summed E-state index contributed by atoms with van der Waals surface area (Å²) in [5.74, 6) is 0.843. The van der Waals surface area contributed by atoms with Crippen LogP contribution in [0.4, 0.5) is 0 Å². The molecule has 0 aromatic rings. The molecular formula is C74H144O17P2. The molecule has 0 radical (unpaired) electrons. The topological polar surface area (TPSA) is 237 Å². The van der Waals surface area contributed by atoms with Gasteiger partial charge in [-0.3, -0.25) is 37.3 Å². The minimum atomic E-state index is -4.95. The van der Waals surface area contributed by atoms with Crippen LogP contribution in [0.5, 0.6) is 0 Å². The largest absolute Gasteiger partial charge is 0.472 e. The van der Waals surface area contributed by atoms with E-state index in [4.69, 9.17) is 37.0 Å². The summed E-state index contributed by atoms with van der Waals surface area (Å²) in [7, 11) is -9.90. The first-order chi connectivity index (χ1) is 44.6. The fourth-order valence-corrected chi connectivity index (χ4v) is 12.7. The van der Waals surface area contributed by atoms with Crippen molar-refractivity contribution in [2.75, 3.05) is 39.6 Å². The molecule has 0 aliphatic heterocycles. The van der Waals surface area contributed by atoms with E-state index in [2.05, 4.69) is 55.4 Å². The van der Waals surface area contributed by atoms with Gasteiger partial charge in [0.15, 0.2) is 12.2 Å². The van der Waals surface area contributed by atoms with E-state index in [0.717, 1.165) is 108 Å². The fourth-order valence-electron chi connectivity index (χ4n) is 11.2. The number of unbranched alkanes of at least 4 members (excludes halogenated alkanes) is 36. The second-order valence-electron chi connectivity index (χ2n) is 28.4. The zero-order valence-electron chi connectivity index (χ0n) is 60.9. The molecule has 0 heterocycles. The van der Waals surface area contributed by atoms with Gasteiger partial charge < -0.3 is 33.8 Å². The van der Waals surface area contributed by atoms with Crippen LogP contribution < -0.4 is 0 Å². The van der Waals surface area contributed by atoms with Gasteiger partial charge in [-0.2, -0.15) is 0 Å². The lowest BCUT2D eigenvalue weighted by Gasteiger charge is -2.21. The summed E-state index contributed by atoms with van der Waals surface area (Å²) in [5, 5.41) is 10.6. The molecule has 0 aliphatic rings. The second-order valence-corrected chi connectivity index (χ2v) is 31.3. The van der Waals surface area contributed by atoms with Crippen LogP contribution in [0.15, 0.2) is 0 Å². The van der Waals surface area contributed by atoms with Crippen LogP contribution in [0.2, 0.25) is 0 Å². The van der Waals surface area contributed by atoms with Crippen molar-refractivity contribution in [3.05, 3.63) is 0 Å². The van der Waals surface area contributed by atoms with Crippen LogP contribution in [0.3, 0.4) is 0 Å². The molecule has 552 valence electrons. The Morgan fingerprint density at radius 3 is 0.763 bits per heavy atom. The summed E-state index contributed by atoms with van der Waals surface area (Å²) in [6.45, 7) is 14.1. The van der Waals surface area contributed by atoms with Gasteiger partial charge in [-0.1, -0.05) is 319 Å². The van der Waals surface area contributed by atoms with E-state index in [1.165, 1.54) is 167 Å². The van der Waals surface area contributed by atoms with Crippen molar-refractivity contribution in [1.29, 1.82) is 0 Å². The number of esters is 4. The summed E-state index contributed by atoms with van der Waals surface area (Å²) in [5.41, 5.74) is 0. The quantitative estimate of drug-likeness (QED) is 0.0222. The van der Waals surface area contributed by atoms with Crippen molar-refractivity contribution in [2.45, 2.75) is 388 Å². The van der Waals surface area contributed by atoms with Crippen molar-refractivity contribution in [3.63, 3.8) is 0 Å². The lowest BCUT2D eigenvalue weighted by Crippen LogP contribution is -2.30. The van der Waals surface area contributed by atoms with Gasteiger partial charge in [0.2, 0.25) is 0 Å². The molecule has 3 unspecified atom stereocenters. The Balaban J connectivity index is 5.11. The molecule has 6 atom stereocenters. The Morgan fingerprint density at radius 2 is 0.516 bits per heavy atom. The number of aliphatic hydroxyl groups is 1. The molecule has 0 aliphatic carbocycles. The predicted molar refractivity (Wildman–Crippen MR) is 377 cm³/mol. The molecule has 0 aromatic carbocycles. The summed E-state index contributed by atoms with van der Waals surface area (Å²) >= 11 is 0. The Labute approximate surface area is 568 Å². The second kappa shape index (κ2) is 63.5. The molecule has 0 amide bonds. The van der Waals surface area contributed by atoms with E-state index in [-0.39, 0.29) is 25.7 Å². The third-order valence-electron chi connectivity index (χ3n) is 17.4. The van der Waals surface area contributed by atoms with E-state index < -0.39 is 97.5 Å². The number of phosphoric ester groups is 2. The highest BCUT2D eigenvalue weighted by Gasteiger charge is 2.30. The maximum atomic E-state index is 13.0. The lowest BCUT2D eigenvalue weighted by atomic mass is 9.99. The van der Waals surface area contributed by atoms with E-state index in [1.807, 2.05) is 0 Å². The molecule has 0 aromatic heterocycles. The molecule has 0 fully saturated rings. The van der Waals surface area contributed by atoms with Crippen molar-refractivity contribution < 1.29 is 80.2 Å². The minimum absolute atomic E-state index is 0.102. The molecule has 0 saturated heterocycles. The average molecular weight is 1370 g/mol. The van der Waals surface area contributed by atoms with Gasteiger partial charge in [0.25, 0.3) is 0 Å². The van der Waals surface area contributed by atoms with Gasteiger partial charge in [0.1, 0.15) is 19.3 Å². The Hall–Kier alpha value is -1.94. The first kappa shape index (κ1) is 91.1. The monoisotopic (exact) mass is 1370 g/mol. The zero-order chi connectivity index (χ0) is 68.9. The Kier molecular flexibility index (Phi) is 62.2. The number of hydrogen-bond acceptors (Lipinski definition) is 15. The molecule has 93 heavy (non-hydrogen) atoms. The first-order valence-corrected chi connectivity index (χ1v) is 41.2. The summed E-state index contributed by atoms with van der Waals surface area (Å²) in [6.07, 6.45) is 47.7. The van der Waals surface area contributed by atoms with Gasteiger partial charge >= 0.3 is 39.5 Å². The number of hydrogen-bond donors (Lipinski definition) is 3. The minimum Gasteiger partial charge on any atom is -0.462 e. The van der Waals surface area contributed by atoms with Gasteiger partial charge in [0, 0.05) is 25.7 Å². The van der Waals surface area contributed by atoms with Crippen molar-refractivity contribution in [1.82, 2.24) is 0 Å². The predicted octanol–water partition coefficient (Wildman–Crippen LogP) is 21.3. The zero-order valence-corrected chi connectivity index (χ0v) is 62.7. The lowest BCUT2D eigenvalue weighted by molar-refractivity contribution is -0.161. The summed E-state index contributed by atoms with van der Waals surface area (Å²) in [6, 6.07) is 0. The van der Waals surface area contributed by atoms with Gasteiger partial charge in [-0.25, -0.2) is 9.13 Å². The molecule has 19 heteroatoms. The molecule has 0 bridgehead atoms. The third kappa shape index (κ3) is 67.0. The van der Waals surface area contributed by atoms with Crippen molar-refractivity contribution in [3.8, 4) is 0 Å². The third-order valence-corrected chi connectivity index (χ3v) is 19.3. The van der Waals surface area contributed by atoms with Crippen LogP contribution in [0.25, 0.3) is 0 Å². The highest BCUT2D eigenvalue weighted by Crippen LogP contribution is 2.45. The van der Waals surface area contributed by atoms with Gasteiger partial charge in [-0.15, -0.1) is 0 Å². The van der Waals surface area contributed by atoms with Gasteiger partial charge in [0.05, 0.1) is 26.4 Å². The smallest absolute Gasteiger partial charge is 0.462 e. The van der Waals surface area contributed by atoms with E-state index in [0.29, 0.717) is 37.5 Å². The highest BCUT2D eigenvalue weighted by atomic mass is 31.2. The maximum absolute atomic E-state index is 13.0. The first-order valence-electron chi connectivity index (χ1n) is 38.2. The number of ether oxygens (including phenoxy) is 4. The Bertz CT molecular complexity index is 1840. The molecule has 17 nitrogen and oxygen atoms in total. The molecule has 0 rings (SSSR count). The van der Waals surface area contributed by atoms with Crippen LogP contribution in [0, 0.1) is 23.7 Å². The van der Waals surface area contributed by atoms with E-state index in [1.54, 1.807) is 0 Å². The van der Waals surface area contributed by atoms with Crippen LogP contribution >= 0.6 is 15.6 Å². The molecule has 0 saturated carbocycles. The van der Waals surface area contributed by atoms with Crippen LogP contribution in [-0.4, -0.2) is 96.7 Å². The summed E-state index contributed by atoms with van der Waals surface area (Å²) < 4.78 is 68.3. The van der Waals surface area contributed by atoms with Crippen molar-refractivity contribution >= 4 is 39.5 Å². The molecular weight excluding hydrogens is 1220 g/mol. The van der Waals surface area contributed by atoms with Crippen LogP contribution in [0.1, 0.15) is 370 Å². The maximum Gasteiger partial charge on any atom is 0.472 e. The summed E-state index contributed by atoms with van der Waals surface area (Å²) in [4.78, 5) is 72.6. The fraction of sp³-hybridized carbons (Fsp3) is 0.946. The Morgan fingerprint density at radius 1 is 0.301 bits per heavy atom.